The molecule has 5 N–H and O–H groups in total. The summed E-state index contributed by atoms with van der Waals surface area (Å²) in [4.78, 5) is 24.7. The van der Waals surface area contributed by atoms with Crippen molar-refractivity contribution in [3.63, 3.8) is 0 Å². The van der Waals surface area contributed by atoms with Crippen molar-refractivity contribution in [1.82, 2.24) is 0 Å². The lowest BCUT2D eigenvalue weighted by Gasteiger charge is -2.45. The van der Waals surface area contributed by atoms with E-state index in [1.807, 2.05) is 0 Å². The second-order valence-corrected chi connectivity index (χ2v) is 8.09. The van der Waals surface area contributed by atoms with Crippen LogP contribution in [-0.2, 0) is 23.7 Å². The number of benzene rings is 1. The molecule has 1 saturated heterocycles. The molecule has 32 heavy (non-hydrogen) atoms. The molecule has 2 fully saturated rings. The highest BCUT2D eigenvalue weighted by molar-refractivity contribution is 5.89. The predicted octanol–water partition coefficient (Wildman–Crippen LogP) is -1.52. The molecule has 2 aliphatic rings. The lowest BCUT2D eigenvalue weighted by atomic mass is 9.79. The molecule has 1 aliphatic heterocycles. The van der Waals surface area contributed by atoms with Crippen LogP contribution in [0.4, 0.5) is 0 Å². The first kappa shape index (κ1) is 24.5. The van der Waals surface area contributed by atoms with E-state index >= 15 is 0 Å². The van der Waals surface area contributed by atoms with Crippen LogP contribution in [0, 0.1) is 0 Å². The second kappa shape index (κ2) is 9.79. The fourth-order valence-electron chi connectivity index (χ4n) is 3.94. The first-order chi connectivity index (χ1) is 15.1. The average molecular weight is 456 g/mol. The van der Waals surface area contributed by atoms with Crippen LogP contribution in [-0.4, -0.2) is 99.2 Å². The molecule has 11 heteroatoms. The molecule has 1 aromatic rings. The van der Waals surface area contributed by atoms with Crippen LogP contribution >= 0.6 is 0 Å². The van der Waals surface area contributed by atoms with Crippen molar-refractivity contribution < 1.29 is 54.1 Å². The van der Waals surface area contributed by atoms with Gasteiger partial charge in [0.05, 0.1) is 24.9 Å². The zero-order valence-corrected chi connectivity index (χ0v) is 17.6. The number of rotatable bonds is 5. The van der Waals surface area contributed by atoms with Gasteiger partial charge in [-0.1, -0.05) is 18.2 Å². The number of hydrogen-bond donors (Lipinski definition) is 5. The lowest BCUT2D eigenvalue weighted by Crippen LogP contribution is -2.62. The smallest absolute Gasteiger partial charge is 0.338 e. The predicted molar refractivity (Wildman–Crippen MR) is 105 cm³/mol. The normalized spacial score (nSPS) is 39.8. The molecule has 0 amide bonds. The summed E-state index contributed by atoms with van der Waals surface area (Å²) in [6.45, 7) is 1.45. The summed E-state index contributed by atoms with van der Waals surface area (Å²) in [5.74, 6) is -1.80. The Morgan fingerprint density at radius 1 is 1.03 bits per heavy atom. The molecule has 178 valence electrons. The van der Waals surface area contributed by atoms with Crippen molar-refractivity contribution in [1.29, 1.82) is 0 Å². The van der Waals surface area contributed by atoms with Gasteiger partial charge in [0.25, 0.3) is 0 Å². The number of methoxy groups -OCH3 is 1. The second-order valence-electron chi connectivity index (χ2n) is 8.09. The number of hydrogen-bond acceptors (Lipinski definition) is 11. The van der Waals surface area contributed by atoms with Gasteiger partial charge in [-0.3, -0.25) is 0 Å². The van der Waals surface area contributed by atoms with Gasteiger partial charge in [0.1, 0.15) is 24.4 Å². The maximum absolute atomic E-state index is 12.6. The topological polar surface area (TPSA) is 172 Å². The van der Waals surface area contributed by atoms with Gasteiger partial charge in [0, 0.05) is 12.8 Å². The van der Waals surface area contributed by atoms with Crippen molar-refractivity contribution >= 4 is 11.9 Å². The Morgan fingerprint density at radius 3 is 2.31 bits per heavy atom. The Morgan fingerprint density at radius 2 is 1.69 bits per heavy atom. The third-order valence-corrected chi connectivity index (χ3v) is 5.77. The molecular formula is C21H28O11. The first-order valence-electron chi connectivity index (χ1n) is 10.2. The molecular weight excluding hydrogens is 428 g/mol. The zero-order valence-electron chi connectivity index (χ0n) is 17.6. The molecule has 0 spiro atoms. The fraction of sp³-hybridized carbons (Fsp3) is 0.619. The molecule has 0 unspecified atom stereocenters. The minimum atomic E-state index is -2.15. The van der Waals surface area contributed by atoms with E-state index in [4.69, 9.17) is 14.2 Å². The molecule has 1 heterocycles. The maximum atomic E-state index is 12.6. The van der Waals surface area contributed by atoms with Crippen LogP contribution in [0.15, 0.2) is 30.3 Å². The third kappa shape index (κ3) is 4.94. The highest BCUT2D eigenvalue weighted by Crippen LogP contribution is 2.36. The highest BCUT2D eigenvalue weighted by Gasteiger charge is 2.54. The van der Waals surface area contributed by atoms with Gasteiger partial charge in [0.2, 0.25) is 0 Å². The summed E-state index contributed by atoms with van der Waals surface area (Å²) < 4.78 is 21.2. The molecule has 0 radical (unpaired) electrons. The van der Waals surface area contributed by atoms with E-state index in [1.54, 1.807) is 18.2 Å². The summed E-state index contributed by atoms with van der Waals surface area (Å²) in [6, 6.07) is 7.96. The monoisotopic (exact) mass is 456 g/mol. The Labute approximate surface area is 184 Å². The zero-order chi connectivity index (χ0) is 23.6. The summed E-state index contributed by atoms with van der Waals surface area (Å²) in [5.41, 5.74) is -1.95. The molecule has 1 aliphatic carbocycles. The standard InChI is InChI=1S/C21H28O11/c1-10-14(23)15(24)16(25)19(30-10)31-13-9-21(28,20(27)29-2)8-12(22)17(13)32-18(26)11-6-4-3-5-7-11/h3-7,10,12-17,19,22-25,28H,8-9H2,1-2H3/t10-,12+,13+,14-,15+,16+,17+,19-,21-/m0/s1. The van der Waals surface area contributed by atoms with E-state index in [0.29, 0.717) is 0 Å². The number of carbonyl (C=O) groups excluding carboxylic acids is 2. The van der Waals surface area contributed by atoms with Gasteiger partial charge in [0.15, 0.2) is 18.0 Å². The summed E-state index contributed by atoms with van der Waals surface area (Å²) in [5, 5.41) is 51.6. The third-order valence-electron chi connectivity index (χ3n) is 5.77. The number of aliphatic hydroxyl groups is 5. The van der Waals surface area contributed by atoms with E-state index in [0.717, 1.165) is 7.11 Å². The summed E-state index contributed by atoms with van der Waals surface area (Å²) in [7, 11) is 1.07. The van der Waals surface area contributed by atoms with Gasteiger partial charge in [-0.2, -0.15) is 0 Å². The highest BCUT2D eigenvalue weighted by atomic mass is 16.7. The molecule has 11 nitrogen and oxygen atoms in total. The Bertz CT molecular complexity index is 802. The Balaban J connectivity index is 1.85. The molecule has 0 aromatic heterocycles. The van der Waals surface area contributed by atoms with Gasteiger partial charge in [-0.05, 0) is 19.1 Å². The van der Waals surface area contributed by atoms with E-state index in [-0.39, 0.29) is 5.56 Å². The first-order valence-corrected chi connectivity index (χ1v) is 10.2. The molecule has 9 atom stereocenters. The number of aliphatic hydroxyl groups excluding tert-OH is 4. The number of carbonyl (C=O) groups is 2. The van der Waals surface area contributed by atoms with Crippen molar-refractivity contribution in [2.45, 2.75) is 74.4 Å². The summed E-state index contributed by atoms with van der Waals surface area (Å²) in [6.07, 6.45) is -12.2. The minimum Gasteiger partial charge on any atom is -0.467 e. The number of ether oxygens (including phenoxy) is 4. The van der Waals surface area contributed by atoms with Crippen molar-refractivity contribution in [2.75, 3.05) is 7.11 Å². The largest absolute Gasteiger partial charge is 0.467 e. The average Bonchev–Trinajstić information content (AvgIpc) is 2.78. The van der Waals surface area contributed by atoms with Crippen LogP contribution in [0.3, 0.4) is 0 Å². The molecule has 0 bridgehead atoms. The van der Waals surface area contributed by atoms with Crippen LogP contribution < -0.4 is 0 Å². The Kier molecular flexibility index (Phi) is 7.50. The molecule has 1 aromatic carbocycles. The van der Waals surface area contributed by atoms with Crippen LogP contribution in [0.1, 0.15) is 30.1 Å². The minimum absolute atomic E-state index is 0.202. The molecule has 1 saturated carbocycles. The van der Waals surface area contributed by atoms with Crippen molar-refractivity contribution in [3.05, 3.63) is 35.9 Å². The van der Waals surface area contributed by atoms with Crippen LogP contribution in [0.25, 0.3) is 0 Å². The molecule has 3 rings (SSSR count). The fourth-order valence-corrected chi connectivity index (χ4v) is 3.94. The maximum Gasteiger partial charge on any atom is 0.338 e. The van der Waals surface area contributed by atoms with Crippen molar-refractivity contribution in [3.8, 4) is 0 Å². The van der Waals surface area contributed by atoms with Crippen LogP contribution in [0.5, 0.6) is 0 Å². The number of esters is 2. The van der Waals surface area contributed by atoms with E-state index < -0.39 is 79.4 Å². The van der Waals surface area contributed by atoms with E-state index in [9.17, 15) is 35.1 Å². The quantitative estimate of drug-likeness (QED) is 0.326. The van der Waals surface area contributed by atoms with Gasteiger partial charge in [-0.15, -0.1) is 0 Å². The van der Waals surface area contributed by atoms with Gasteiger partial charge < -0.3 is 44.5 Å². The van der Waals surface area contributed by atoms with Crippen molar-refractivity contribution in [2.24, 2.45) is 0 Å². The SMILES string of the molecule is COC(=O)[C@]1(O)C[C@@H](O)[C@@H](OC(=O)c2ccccc2)[C@H](O[C@@H]2O[C@@H](C)[C@H](O)[C@@H](O)[C@H]2O)C1. The lowest BCUT2D eigenvalue weighted by molar-refractivity contribution is -0.320. The van der Waals surface area contributed by atoms with E-state index in [2.05, 4.69) is 4.74 Å². The van der Waals surface area contributed by atoms with Gasteiger partial charge in [-0.25, -0.2) is 9.59 Å². The van der Waals surface area contributed by atoms with Crippen LogP contribution in [0.2, 0.25) is 0 Å². The Hall–Kier alpha value is -2.12. The van der Waals surface area contributed by atoms with Gasteiger partial charge >= 0.3 is 11.9 Å². The summed E-state index contributed by atoms with van der Waals surface area (Å²) >= 11 is 0. The van der Waals surface area contributed by atoms with E-state index in [1.165, 1.54) is 19.1 Å².